The van der Waals surface area contributed by atoms with Gasteiger partial charge in [0.25, 0.3) is 5.91 Å². The lowest BCUT2D eigenvalue weighted by atomic mass is 10.0. The lowest BCUT2D eigenvalue weighted by molar-refractivity contribution is -0.134. The Bertz CT molecular complexity index is 1150. The Hall–Kier alpha value is -3.88. The first-order valence-corrected chi connectivity index (χ1v) is 8.74. The number of benzene rings is 1. The summed E-state index contributed by atoms with van der Waals surface area (Å²) in [5.41, 5.74) is 1.74. The van der Waals surface area contributed by atoms with Crippen molar-refractivity contribution in [2.45, 2.75) is 18.9 Å². The first kappa shape index (κ1) is 16.3. The van der Waals surface area contributed by atoms with Crippen LogP contribution in [0.4, 0.5) is 17.2 Å². The molecule has 1 aromatic carbocycles. The second-order valence-corrected chi connectivity index (χ2v) is 6.61. The molecule has 4 heterocycles. The van der Waals surface area contributed by atoms with Crippen molar-refractivity contribution < 1.29 is 14.4 Å². The number of hydrogen-bond donors (Lipinski definition) is 2. The van der Waals surface area contributed by atoms with E-state index in [4.69, 9.17) is 0 Å². The summed E-state index contributed by atoms with van der Waals surface area (Å²) in [5, 5.41) is 6.95. The first-order chi connectivity index (χ1) is 13.6. The van der Waals surface area contributed by atoms with Gasteiger partial charge in [0.1, 0.15) is 18.2 Å². The minimum atomic E-state index is -0.732. The maximum absolute atomic E-state index is 13.1. The van der Waals surface area contributed by atoms with Gasteiger partial charge in [0, 0.05) is 17.2 Å². The number of pyridine rings is 1. The number of hydrogen-bond acceptors (Lipinski definition) is 7. The van der Waals surface area contributed by atoms with E-state index in [2.05, 4.69) is 25.6 Å². The van der Waals surface area contributed by atoms with Gasteiger partial charge in [-0.2, -0.15) is 0 Å². The number of carbonyl (C=O) groups is 3. The summed E-state index contributed by atoms with van der Waals surface area (Å²) in [7, 11) is 0. The van der Waals surface area contributed by atoms with Gasteiger partial charge in [0.05, 0.1) is 35.5 Å². The fraction of sp³-hybridized carbons (Fsp3) is 0.158. The Morgan fingerprint density at radius 3 is 2.71 bits per heavy atom. The number of piperidine rings is 1. The number of imide groups is 1. The maximum atomic E-state index is 13.1. The molecule has 0 radical (unpaired) electrons. The number of carbonyl (C=O) groups excluding carboxylic acids is 3. The van der Waals surface area contributed by atoms with Crippen LogP contribution in [0.2, 0.25) is 0 Å². The predicted molar refractivity (Wildman–Crippen MR) is 100 cm³/mol. The Morgan fingerprint density at radius 1 is 1.11 bits per heavy atom. The second kappa shape index (κ2) is 6.08. The van der Waals surface area contributed by atoms with Crippen molar-refractivity contribution in [1.29, 1.82) is 0 Å². The Morgan fingerprint density at radius 2 is 1.93 bits per heavy atom. The lowest BCUT2D eigenvalue weighted by Crippen LogP contribution is -2.53. The number of anilines is 3. The number of nitrogens with one attached hydrogen (secondary N) is 2. The van der Waals surface area contributed by atoms with Crippen molar-refractivity contribution in [3.05, 3.63) is 48.7 Å². The zero-order valence-electron chi connectivity index (χ0n) is 14.5. The molecular weight excluding hydrogens is 360 g/mol. The third kappa shape index (κ3) is 2.40. The summed E-state index contributed by atoms with van der Waals surface area (Å²) in [6.45, 7) is 0. The van der Waals surface area contributed by atoms with E-state index < -0.39 is 11.9 Å². The van der Waals surface area contributed by atoms with E-state index in [9.17, 15) is 14.4 Å². The topological polar surface area (TPSA) is 117 Å². The van der Waals surface area contributed by atoms with Crippen LogP contribution in [0.15, 0.2) is 43.1 Å². The molecule has 138 valence electrons. The quantitative estimate of drug-likeness (QED) is 0.668. The smallest absolute Gasteiger partial charge is 0.259 e. The first-order valence-electron chi connectivity index (χ1n) is 8.74. The van der Waals surface area contributed by atoms with Gasteiger partial charge in [0.15, 0.2) is 0 Å². The van der Waals surface area contributed by atoms with Crippen LogP contribution in [0.5, 0.6) is 0 Å². The zero-order chi connectivity index (χ0) is 19.3. The van der Waals surface area contributed by atoms with Crippen LogP contribution in [0.1, 0.15) is 23.2 Å². The zero-order valence-corrected chi connectivity index (χ0v) is 14.5. The molecule has 28 heavy (non-hydrogen) atoms. The van der Waals surface area contributed by atoms with E-state index in [1.165, 1.54) is 11.2 Å². The molecular formula is C19H14N6O3. The number of nitrogens with zero attached hydrogens (tertiary/aromatic N) is 4. The van der Waals surface area contributed by atoms with Crippen molar-refractivity contribution in [2.75, 3.05) is 10.2 Å². The van der Waals surface area contributed by atoms with Gasteiger partial charge in [-0.05, 0) is 12.5 Å². The van der Waals surface area contributed by atoms with Gasteiger partial charge in [-0.1, -0.05) is 12.1 Å². The van der Waals surface area contributed by atoms with E-state index >= 15 is 0 Å². The summed E-state index contributed by atoms with van der Waals surface area (Å²) in [4.78, 5) is 50.7. The minimum absolute atomic E-state index is 0.195. The van der Waals surface area contributed by atoms with Crippen LogP contribution in [0.3, 0.4) is 0 Å². The summed E-state index contributed by atoms with van der Waals surface area (Å²) < 4.78 is 0. The Balaban J connectivity index is 1.61. The molecule has 1 saturated heterocycles. The van der Waals surface area contributed by atoms with E-state index in [1.807, 2.05) is 6.07 Å². The van der Waals surface area contributed by atoms with Crippen LogP contribution >= 0.6 is 0 Å². The molecule has 0 bridgehead atoms. The summed E-state index contributed by atoms with van der Waals surface area (Å²) in [6, 6.07) is 4.64. The van der Waals surface area contributed by atoms with Crippen molar-refractivity contribution in [2.24, 2.45) is 0 Å². The van der Waals surface area contributed by atoms with Crippen LogP contribution in [0.25, 0.3) is 10.8 Å². The number of aromatic nitrogens is 3. The number of amides is 3. The highest BCUT2D eigenvalue weighted by molar-refractivity contribution is 6.28. The summed E-state index contributed by atoms with van der Waals surface area (Å²) >= 11 is 0. The lowest BCUT2D eigenvalue weighted by Gasteiger charge is -2.30. The fourth-order valence-electron chi connectivity index (χ4n) is 3.72. The number of rotatable bonds is 3. The average Bonchev–Trinajstić information content (AvgIpc) is 2.98. The maximum Gasteiger partial charge on any atom is 0.259 e. The van der Waals surface area contributed by atoms with Crippen LogP contribution < -0.4 is 15.5 Å². The van der Waals surface area contributed by atoms with Crippen molar-refractivity contribution in [3.8, 4) is 0 Å². The molecule has 1 unspecified atom stereocenters. The van der Waals surface area contributed by atoms with Gasteiger partial charge in [0.2, 0.25) is 11.8 Å². The van der Waals surface area contributed by atoms with Crippen LogP contribution in [-0.2, 0) is 9.59 Å². The largest absolute Gasteiger partial charge is 0.337 e. The molecule has 0 saturated carbocycles. The van der Waals surface area contributed by atoms with Gasteiger partial charge >= 0.3 is 0 Å². The predicted octanol–water partition coefficient (Wildman–Crippen LogP) is 1.53. The average molecular weight is 374 g/mol. The van der Waals surface area contributed by atoms with E-state index in [-0.39, 0.29) is 24.7 Å². The minimum Gasteiger partial charge on any atom is -0.337 e. The molecule has 2 aliphatic rings. The molecule has 0 aliphatic carbocycles. The molecule has 9 nitrogen and oxygen atoms in total. The van der Waals surface area contributed by atoms with Crippen molar-refractivity contribution in [1.82, 2.24) is 20.3 Å². The monoisotopic (exact) mass is 374 g/mol. The standard InChI is InChI=1S/C19H14N6O3/c26-15-5-4-13(18(27)24-15)25-14-8-22-17(23-10-6-20-9-21-7-10)11-2-1-3-12(16(11)14)19(25)28/h1-3,6-9,13H,4-5H2,(H,22,23)(H,24,26,27). The highest BCUT2D eigenvalue weighted by Crippen LogP contribution is 2.41. The van der Waals surface area contributed by atoms with Crippen LogP contribution in [-0.4, -0.2) is 38.7 Å². The van der Waals surface area contributed by atoms with Crippen LogP contribution in [0, 0.1) is 0 Å². The summed E-state index contributed by atoms with van der Waals surface area (Å²) in [5.74, 6) is -0.488. The van der Waals surface area contributed by atoms with Gasteiger partial charge < -0.3 is 5.32 Å². The Labute approximate surface area is 158 Å². The molecule has 3 aromatic rings. The molecule has 5 rings (SSSR count). The van der Waals surface area contributed by atoms with Gasteiger partial charge in [-0.3, -0.25) is 24.6 Å². The highest BCUT2D eigenvalue weighted by atomic mass is 16.2. The fourth-order valence-corrected chi connectivity index (χ4v) is 3.72. The van der Waals surface area contributed by atoms with Gasteiger partial charge in [-0.15, -0.1) is 0 Å². The molecule has 9 heteroatoms. The normalized spacial score (nSPS) is 18.5. The highest BCUT2D eigenvalue weighted by Gasteiger charge is 2.41. The molecule has 1 atom stereocenters. The molecule has 1 fully saturated rings. The Kier molecular flexibility index (Phi) is 3.54. The molecule has 3 amide bonds. The molecule has 2 aromatic heterocycles. The van der Waals surface area contributed by atoms with Crippen molar-refractivity contribution in [3.63, 3.8) is 0 Å². The molecule has 0 spiro atoms. The third-order valence-corrected chi connectivity index (χ3v) is 4.95. The van der Waals surface area contributed by atoms with Gasteiger partial charge in [-0.25, -0.2) is 15.0 Å². The van der Waals surface area contributed by atoms with E-state index in [0.29, 0.717) is 22.8 Å². The second-order valence-electron chi connectivity index (χ2n) is 6.61. The van der Waals surface area contributed by atoms with Crippen molar-refractivity contribution >= 4 is 45.7 Å². The van der Waals surface area contributed by atoms with E-state index in [1.54, 1.807) is 30.7 Å². The summed E-state index contributed by atoms with van der Waals surface area (Å²) in [6.07, 6.45) is 6.74. The third-order valence-electron chi connectivity index (χ3n) is 4.95. The molecule has 2 aliphatic heterocycles. The molecule has 2 N–H and O–H groups in total. The SMILES string of the molecule is O=C1CCC(N2C(=O)c3cccc4c(Nc5cncnc5)ncc2c34)C(=O)N1. The van der Waals surface area contributed by atoms with E-state index in [0.717, 1.165) is 10.8 Å².